The molecule has 1 saturated heterocycles. The number of halogens is 3. The van der Waals surface area contributed by atoms with Crippen LogP contribution in [0.1, 0.15) is 42.7 Å². The standard InChI is InChI=1S/C12H9F3N2O.C7H15N/c1-7(18)11-10(6-16-17-11)8-3-2-4-9(5-8)12(13,14)15;1-7-3-5-8(2)6-4-7/h2-6H,1H3,(H,16,17);7H,3-6H2,1-2H3. The number of ketones is 1. The summed E-state index contributed by atoms with van der Waals surface area (Å²) < 4.78 is 37.7. The highest BCUT2D eigenvalue weighted by atomic mass is 19.4. The van der Waals surface area contributed by atoms with Crippen molar-refractivity contribution in [3.05, 3.63) is 41.7 Å². The van der Waals surface area contributed by atoms with Gasteiger partial charge in [0.2, 0.25) is 0 Å². The minimum Gasteiger partial charge on any atom is -0.306 e. The summed E-state index contributed by atoms with van der Waals surface area (Å²) in [5.41, 5.74) is 0.127. The van der Waals surface area contributed by atoms with Gasteiger partial charge in [-0.25, -0.2) is 0 Å². The summed E-state index contributed by atoms with van der Waals surface area (Å²) in [6.45, 7) is 6.28. The number of aromatic amines is 1. The molecule has 3 rings (SSSR count). The number of alkyl halides is 3. The Labute approximate surface area is 151 Å². The fourth-order valence-corrected chi connectivity index (χ4v) is 2.77. The lowest BCUT2D eigenvalue weighted by molar-refractivity contribution is -0.137. The van der Waals surface area contributed by atoms with Crippen molar-refractivity contribution >= 4 is 5.78 Å². The molecule has 2 heterocycles. The molecule has 7 heteroatoms. The highest BCUT2D eigenvalue weighted by Gasteiger charge is 2.30. The number of carbonyl (C=O) groups is 1. The second kappa shape index (κ2) is 8.49. The maximum absolute atomic E-state index is 12.6. The van der Waals surface area contributed by atoms with Crippen LogP contribution in [0.2, 0.25) is 0 Å². The zero-order chi connectivity index (χ0) is 19.3. The van der Waals surface area contributed by atoms with Crippen molar-refractivity contribution in [3.8, 4) is 11.1 Å². The Hall–Kier alpha value is -2.15. The van der Waals surface area contributed by atoms with Crippen molar-refractivity contribution in [3.63, 3.8) is 0 Å². The summed E-state index contributed by atoms with van der Waals surface area (Å²) in [6, 6.07) is 4.79. The maximum atomic E-state index is 12.6. The van der Waals surface area contributed by atoms with Crippen LogP contribution < -0.4 is 0 Å². The third-order valence-corrected chi connectivity index (χ3v) is 4.50. The number of H-pyrrole nitrogens is 1. The van der Waals surface area contributed by atoms with E-state index in [1.165, 1.54) is 51.2 Å². The van der Waals surface area contributed by atoms with Crippen molar-refractivity contribution in [2.75, 3.05) is 20.1 Å². The lowest BCUT2D eigenvalue weighted by Crippen LogP contribution is -2.28. The first-order chi connectivity index (χ1) is 12.2. The van der Waals surface area contributed by atoms with Crippen molar-refractivity contribution in [1.29, 1.82) is 0 Å². The molecule has 0 saturated carbocycles. The van der Waals surface area contributed by atoms with Gasteiger partial charge in [-0.15, -0.1) is 0 Å². The molecule has 0 atom stereocenters. The van der Waals surface area contributed by atoms with Crippen LogP contribution in [-0.4, -0.2) is 41.0 Å². The summed E-state index contributed by atoms with van der Waals surface area (Å²) in [6.07, 6.45) is -0.268. The number of nitrogens with zero attached hydrogens (tertiary/aromatic N) is 2. The molecule has 0 spiro atoms. The first kappa shape index (κ1) is 20.2. The normalized spacial score (nSPS) is 16.1. The molecule has 142 valence electrons. The van der Waals surface area contributed by atoms with Crippen LogP contribution in [0, 0.1) is 5.92 Å². The van der Waals surface area contributed by atoms with Crippen molar-refractivity contribution in [2.24, 2.45) is 5.92 Å². The Balaban J connectivity index is 0.000000254. The zero-order valence-corrected chi connectivity index (χ0v) is 15.2. The number of carbonyl (C=O) groups excluding carboxylic acids is 1. The molecule has 0 unspecified atom stereocenters. The molecule has 0 aliphatic carbocycles. The Morgan fingerprint density at radius 2 is 1.92 bits per heavy atom. The van der Waals surface area contributed by atoms with Gasteiger partial charge >= 0.3 is 6.18 Å². The van der Waals surface area contributed by atoms with Gasteiger partial charge in [-0.05, 0) is 56.6 Å². The molecule has 1 aromatic carbocycles. The van der Waals surface area contributed by atoms with E-state index in [4.69, 9.17) is 0 Å². The van der Waals surface area contributed by atoms with Gasteiger partial charge in [-0.3, -0.25) is 9.89 Å². The highest BCUT2D eigenvalue weighted by Crippen LogP contribution is 2.32. The number of nitrogens with one attached hydrogen (secondary N) is 1. The lowest BCUT2D eigenvalue weighted by Gasteiger charge is -2.26. The number of piperidine rings is 1. The van der Waals surface area contributed by atoms with Gasteiger partial charge < -0.3 is 4.90 Å². The molecule has 1 aliphatic rings. The maximum Gasteiger partial charge on any atom is 0.416 e. The molecule has 1 fully saturated rings. The molecular weight excluding hydrogens is 343 g/mol. The summed E-state index contributed by atoms with van der Waals surface area (Å²) in [4.78, 5) is 13.7. The third kappa shape index (κ3) is 5.42. The summed E-state index contributed by atoms with van der Waals surface area (Å²) >= 11 is 0. The smallest absolute Gasteiger partial charge is 0.306 e. The molecule has 1 N–H and O–H groups in total. The van der Waals surface area contributed by atoms with E-state index in [-0.39, 0.29) is 11.5 Å². The summed E-state index contributed by atoms with van der Waals surface area (Å²) in [7, 11) is 2.20. The Kier molecular flexibility index (Phi) is 6.58. The predicted molar refractivity (Wildman–Crippen MR) is 94.9 cm³/mol. The van der Waals surface area contributed by atoms with E-state index in [1.54, 1.807) is 0 Å². The second-order valence-corrected chi connectivity index (χ2v) is 6.78. The van der Waals surface area contributed by atoms with Gasteiger partial charge in [0.15, 0.2) is 5.78 Å². The van der Waals surface area contributed by atoms with Crippen LogP contribution in [0.4, 0.5) is 13.2 Å². The monoisotopic (exact) mass is 367 g/mol. The van der Waals surface area contributed by atoms with Crippen LogP contribution in [-0.2, 0) is 6.18 Å². The van der Waals surface area contributed by atoms with E-state index in [2.05, 4.69) is 29.1 Å². The molecular formula is C19H24F3N3O. The molecule has 0 radical (unpaired) electrons. The second-order valence-electron chi connectivity index (χ2n) is 6.78. The highest BCUT2D eigenvalue weighted by molar-refractivity contribution is 5.98. The number of aromatic nitrogens is 2. The minimum absolute atomic E-state index is 0.203. The molecule has 0 amide bonds. The first-order valence-electron chi connectivity index (χ1n) is 8.59. The molecule has 1 aromatic heterocycles. The largest absolute Gasteiger partial charge is 0.416 e. The molecule has 2 aromatic rings. The number of Topliss-reactive ketones (excluding diaryl/α,β-unsaturated/α-hetero) is 1. The van der Waals surface area contributed by atoms with Crippen LogP contribution in [0.15, 0.2) is 30.5 Å². The number of likely N-dealkylation sites (tertiary alicyclic amines) is 1. The molecule has 4 nitrogen and oxygen atoms in total. The zero-order valence-electron chi connectivity index (χ0n) is 15.2. The van der Waals surface area contributed by atoms with Crippen molar-refractivity contribution in [2.45, 2.75) is 32.9 Å². The van der Waals surface area contributed by atoms with Gasteiger partial charge in [0.25, 0.3) is 0 Å². The number of rotatable bonds is 2. The van der Waals surface area contributed by atoms with Gasteiger partial charge in [0.1, 0.15) is 5.69 Å². The van der Waals surface area contributed by atoms with Crippen LogP contribution in [0.5, 0.6) is 0 Å². The summed E-state index contributed by atoms with van der Waals surface area (Å²) in [5, 5.41) is 6.17. The Morgan fingerprint density at radius 3 is 2.46 bits per heavy atom. The third-order valence-electron chi connectivity index (χ3n) is 4.50. The number of benzene rings is 1. The van der Waals surface area contributed by atoms with E-state index in [9.17, 15) is 18.0 Å². The Morgan fingerprint density at radius 1 is 1.27 bits per heavy atom. The fraction of sp³-hybridized carbons (Fsp3) is 0.474. The van der Waals surface area contributed by atoms with E-state index in [0.29, 0.717) is 11.1 Å². The van der Waals surface area contributed by atoms with Crippen LogP contribution in [0.3, 0.4) is 0 Å². The molecule has 26 heavy (non-hydrogen) atoms. The van der Waals surface area contributed by atoms with E-state index >= 15 is 0 Å². The average molecular weight is 367 g/mol. The van der Waals surface area contributed by atoms with E-state index in [1.807, 2.05) is 0 Å². The van der Waals surface area contributed by atoms with E-state index in [0.717, 1.165) is 18.1 Å². The topological polar surface area (TPSA) is 49.0 Å². The van der Waals surface area contributed by atoms with Gasteiger partial charge in [-0.2, -0.15) is 18.3 Å². The summed E-state index contributed by atoms with van der Waals surface area (Å²) in [5.74, 6) is 0.700. The number of hydrogen-bond acceptors (Lipinski definition) is 3. The Bertz CT molecular complexity index is 722. The first-order valence-corrected chi connectivity index (χ1v) is 8.59. The van der Waals surface area contributed by atoms with Crippen LogP contribution in [0.25, 0.3) is 11.1 Å². The van der Waals surface area contributed by atoms with Gasteiger partial charge in [-0.1, -0.05) is 19.1 Å². The average Bonchev–Trinajstić information content (AvgIpc) is 3.07. The van der Waals surface area contributed by atoms with Gasteiger partial charge in [0, 0.05) is 12.5 Å². The predicted octanol–water partition coefficient (Wildman–Crippen LogP) is 4.65. The fourth-order valence-electron chi connectivity index (χ4n) is 2.77. The van der Waals surface area contributed by atoms with Crippen LogP contribution >= 0.6 is 0 Å². The number of hydrogen-bond donors (Lipinski definition) is 1. The molecule has 0 bridgehead atoms. The SMILES string of the molecule is CC(=O)c1[nH]ncc1-c1cccc(C(F)(F)F)c1.CC1CCN(C)CC1. The van der Waals surface area contributed by atoms with Crippen molar-refractivity contribution in [1.82, 2.24) is 15.1 Å². The van der Waals surface area contributed by atoms with E-state index < -0.39 is 11.7 Å². The van der Waals surface area contributed by atoms with Gasteiger partial charge in [0.05, 0.1) is 11.8 Å². The molecule has 1 aliphatic heterocycles. The lowest BCUT2D eigenvalue weighted by atomic mass is 10.00. The minimum atomic E-state index is -4.41. The van der Waals surface area contributed by atoms with Crippen molar-refractivity contribution < 1.29 is 18.0 Å². The quantitative estimate of drug-likeness (QED) is 0.787.